The lowest BCUT2D eigenvalue weighted by Gasteiger charge is -2.11. The minimum Gasteiger partial charge on any atom is -0.468 e. The molecule has 0 saturated heterocycles. The van der Waals surface area contributed by atoms with Crippen molar-refractivity contribution in [2.45, 2.75) is 26.1 Å². The molecule has 0 aliphatic carbocycles. The maximum Gasteiger partial charge on any atom is 0.322 e. The maximum absolute atomic E-state index is 11.2. The molecule has 0 aliphatic heterocycles. The van der Waals surface area contributed by atoms with Crippen LogP contribution in [0.5, 0.6) is 0 Å². The number of rotatable bonds is 6. The molecule has 0 fully saturated rings. The average Bonchev–Trinajstić information content (AvgIpc) is 2.37. The predicted octanol–water partition coefficient (Wildman–Crippen LogP) is 1.48. The van der Waals surface area contributed by atoms with Gasteiger partial charge in [-0.1, -0.05) is 24.3 Å². The number of esters is 1. The Labute approximate surface area is 102 Å². The Hall–Kier alpha value is -1.39. The van der Waals surface area contributed by atoms with E-state index in [1.54, 1.807) is 14.0 Å². The lowest BCUT2D eigenvalue weighted by atomic mass is 10.1. The van der Waals surface area contributed by atoms with E-state index in [2.05, 4.69) is 10.1 Å². The van der Waals surface area contributed by atoms with E-state index in [1.807, 2.05) is 24.3 Å². The Morgan fingerprint density at radius 1 is 1.24 bits per heavy atom. The van der Waals surface area contributed by atoms with E-state index < -0.39 is 0 Å². The van der Waals surface area contributed by atoms with Crippen molar-refractivity contribution in [1.29, 1.82) is 0 Å². The zero-order chi connectivity index (χ0) is 12.7. The fourth-order valence-corrected chi connectivity index (χ4v) is 1.45. The van der Waals surface area contributed by atoms with Crippen molar-refractivity contribution in [2.24, 2.45) is 0 Å². The molecule has 0 saturated carbocycles. The van der Waals surface area contributed by atoms with Gasteiger partial charge >= 0.3 is 5.97 Å². The van der Waals surface area contributed by atoms with Crippen LogP contribution in [-0.2, 0) is 27.4 Å². The molecule has 1 aromatic rings. The van der Waals surface area contributed by atoms with Gasteiger partial charge in [-0.05, 0) is 18.1 Å². The number of carbonyl (C=O) groups excluding carboxylic acids is 1. The highest BCUT2D eigenvalue weighted by Gasteiger charge is 2.11. The fourth-order valence-electron chi connectivity index (χ4n) is 1.45. The zero-order valence-corrected chi connectivity index (χ0v) is 10.5. The molecule has 0 amide bonds. The van der Waals surface area contributed by atoms with E-state index in [1.165, 1.54) is 7.11 Å². The first kappa shape index (κ1) is 13.7. The summed E-state index contributed by atoms with van der Waals surface area (Å²) in [6.07, 6.45) is 0. The smallest absolute Gasteiger partial charge is 0.322 e. The fraction of sp³-hybridized carbons (Fsp3) is 0.462. The van der Waals surface area contributed by atoms with Gasteiger partial charge in [0.2, 0.25) is 0 Å². The standard InChI is InChI=1S/C13H19NO3/c1-10(13(15)17-3)14-8-11-4-6-12(7-5-11)9-16-2/h4-7,10,14H,8-9H2,1-3H3. The average molecular weight is 237 g/mol. The molecule has 1 N–H and O–H groups in total. The van der Waals surface area contributed by atoms with Crippen molar-refractivity contribution in [3.63, 3.8) is 0 Å². The molecular formula is C13H19NO3. The van der Waals surface area contributed by atoms with Crippen LogP contribution in [0.25, 0.3) is 0 Å². The molecule has 0 aliphatic rings. The first-order valence-electron chi connectivity index (χ1n) is 5.55. The van der Waals surface area contributed by atoms with Gasteiger partial charge in [0, 0.05) is 13.7 Å². The van der Waals surface area contributed by atoms with E-state index in [-0.39, 0.29) is 12.0 Å². The molecule has 1 rings (SSSR count). The summed E-state index contributed by atoms with van der Waals surface area (Å²) in [5.41, 5.74) is 2.26. The van der Waals surface area contributed by atoms with Crippen LogP contribution in [0.15, 0.2) is 24.3 Å². The summed E-state index contributed by atoms with van der Waals surface area (Å²) in [5, 5.41) is 3.10. The van der Waals surface area contributed by atoms with Gasteiger partial charge in [-0.2, -0.15) is 0 Å². The molecular weight excluding hydrogens is 218 g/mol. The van der Waals surface area contributed by atoms with Crippen LogP contribution in [0, 0.1) is 0 Å². The minimum absolute atomic E-state index is 0.249. The van der Waals surface area contributed by atoms with Gasteiger partial charge in [0.25, 0.3) is 0 Å². The number of ether oxygens (including phenoxy) is 2. The van der Waals surface area contributed by atoms with Gasteiger partial charge in [0.15, 0.2) is 0 Å². The number of hydrogen-bond donors (Lipinski definition) is 1. The van der Waals surface area contributed by atoms with E-state index in [0.717, 1.165) is 11.1 Å². The third-order valence-electron chi connectivity index (χ3n) is 2.50. The molecule has 0 radical (unpaired) electrons. The normalized spacial score (nSPS) is 12.2. The van der Waals surface area contributed by atoms with Gasteiger partial charge in [-0.15, -0.1) is 0 Å². The second kappa shape index (κ2) is 7.04. The second-order valence-corrected chi connectivity index (χ2v) is 3.88. The molecule has 4 nitrogen and oxygen atoms in total. The molecule has 1 atom stereocenters. The van der Waals surface area contributed by atoms with Crippen molar-refractivity contribution in [3.05, 3.63) is 35.4 Å². The molecule has 0 heterocycles. The maximum atomic E-state index is 11.2. The highest BCUT2D eigenvalue weighted by atomic mass is 16.5. The first-order chi connectivity index (χ1) is 8.17. The van der Waals surface area contributed by atoms with E-state index in [4.69, 9.17) is 4.74 Å². The Morgan fingerprint density at radius 3 is 2.35 bits per heavy atom. The SMILES string of the molecule is COCc1ccc(CNC(C)C(=O)OC)cc1. The van der Waals surface area contributed by atoms with Crippen LogP contribution in [-0.4, -0.2) is 26.2 Å². The number of nitrogens with one attached hydrogen (secondary N) is 1. The van der Waals surface area contributed by atoms with Crippen molar-refractivity contribution >= 4 is 5.97 Å². The Morgan fingerprint density at radius 2 is 1.82 bits per heavy atom. The van der Waals surface area contributed by atoms with Crippen molar-refractivity contribution in [3.8, 4) is 0 Å². The number of hydrogen-bond acceptors (Lipinski definition) is 4. The highest BCUT2D eigenvalue weighted by Crippen LogP contribution is 2.05. The monoisotopic (exact) mass is 237 g/mol. The second-order valence-electron chi connectivity index (χ2n) is 3.88. The lowest BCUT2D eigenvalue weighted by Crippen LogP contribution is -2.34. The predicted molar refractivity (Wildman–Crippen MR) is 65.5 cm³/mol. The van der Waals surface area contributed by atoms with Crippen molar-refractivity contribution < 1.29 is 14.3 Å². The number of carbonyl (C=O) groups is 1. The summed E-state index contributed by atoms with van der Waals surface area (Å²) < 4.78 is 9.67. The van der Waals surface area contributed by atoms with Crippen LogP contribution in [0.4, 0.5) is 0 Å². The van der Waals surface area contributed by atoms with Gasteiger partial charge in [-0.25, -0.2) is 0 Å². The summed E-state index contributed by atoms with van der Waals surface area (Å²) in [5.74, 6) is -0.249. The first-order valence-corrected chi connectivity index (χ1v) is 5.55. The summed E-state index contributed by atoms with van der Waals surface area (Å²) >= 11 is 0. The molecule has 0 spiro atoms. The van der Waals surface area contributed by atoms with Crippen molar-refractivity contribution in [1.82, 2.24) is 5.32 Å². The Bertz CT molecular complexity index is 348. The van der Waals surface area contributed by atoms with Crippen molar-refractivity contribution in [2.75, 3.05) is 14.2 Å². The molecule has 4 heteroatoms. The number of methoxy groups -OCH3 is 2. The van der Waals surface area contributed by atoms with Gasteiger partial charge in [-0.3, -0.25) is 4.79 Å². The van der Waals surface area contributed by atoms with Crippen LogP contribution >= 0.6 is 0 Å². The van der Waals surface area contributed by atoms with Gasteiger partial charge in [0.1, 0.15) is 6.04 Å². The third kappa shape index (κ3) is 4.54. The summed E-state index contributed by atoms with van der Waals surface area (Å²) in [4.78, 5) is 11.2. The quantitative estimate of drug-likeness (QED) is 0.761. The molecule has 0 bridgehead atoms. The third-order valence-corrected chi connectivity index (χ3v) is 2.50. The summed E-state index contributed by atoms with van der Waals surface area (Å²) in [6, 6.07) is 7.78. The van der Waals surface area contributed by atoms with E-state index >= 15 is 0 Å². The molecule has 1 aromatic carbocycles. The molecule has 1 unspecified atom stereocenters. The summed E-state index contributed by atoms with van der Waals surface area (Å²) in [7, 11) is 3.06. The largest absolute Gasteiger partial charge is 0.468 e. The Kier molecular flexibility index (Phi) is 5.66. The molecule has 0 aromatic heterocycles. The molecule has 94 valence electrons. The topological polar surface area (TPSA) is 47.6 Å². The van der Waals surface area contributed by atoms with Crippen LogP contribution in [0.3, 0.4) is 0 Å². The van der Waals surface area contributed by atoms with Gasteiger partial charge < -0.3 is 14.8 Å². The van der Waals surface area contributed by atoms with Crippen LogP contribution < -0.4 is 5.32 Å². The Balaban J connectivity index is 2.44. The minimum atomic E-state index is -0.293. The number of benzene rings is 1. The summed E-state index contributed by atoms with van der Waals surface area (Å²) in [6.45, 7) is 3.04. The van der Waals surface area contributed by atoms with Crippen LogP contribution in [0.1, 0.15) is 18.1 Å². The van der Waals surface area contributed by atoms with E-state index in [0.29, 0.717) is 13.2 Å². The van der Waals surface area contributed by atoms with Crippen LogP contribution in [0.2, 0.25) is 0 Å². The van der Waals surface area contributed by atoms with Gasteiger partial charge in [0.05, 0.1) is 13.7 Å². The molecule has 17 heavy (non-hydrogen) atoms. The highest BCUT2D eigenvalue weighted by molar-refractivity contribution is 5.75. The van der Waals surface area contributed by atoms with E-state index in [9.17, 15) is 4.79 Å². The zero-order valence-electron chi connectivity index (χ0n) is 10.5. The lowest BCUT2D eigenvalue weighted by molar-refractivity contribution is -0.142.